The molecule has 0 spiro atoms. The van der Waals surface area contributed by atoms with E-state index in [1.807, 2.05) is 30.3 Å². The van der Waals surface area contributed by atoms with Crippen LogP contribution in [0.25, 0.3) is 0 Å². The molecule has 0 unspecified atom stereocenters. The van der Waals surface area contributed by atoms with Gasteiger partial charge in [0.15, 0.2) is 5.82 Å². The molecule has 3 rings (SSSR count). The highest BCUT2D eigenvalue weighted by atomic mass is 19.4. The third-order valence-corrected chi connectivity index (χ3v) is 3.39. The van der Waals surface area contributed by atoms with Crippen molar-refractivity contribution in [3.8, 4) is 0 Å². The minimum absolute atomic E-state index is 0.305. The van der Waals surface area contributed by atoms with Gasteiger partial charge >= 0.3 is 6.18 Å². The van der Waals surface area contributed by atoms with Gasteiger partial charge < -0.3 is 5.32 Å². The summed E-state index contributed by atoms with van der Waals surface area (Å²) in [7, 11) is 0. The minimum Gasteiger partial charge on any atom is -0.356 e. The molecule has 124 valence electrons. The summed E-state index contributed by atoms with van der Waals surface area (Å²) < 4.78 is 37.9. The number of anilines is 1. The van der Waals surface area contributed by atoms with E-state index in [2.05, 4.69) is 25.5 Å². The maximum absolute atomic E-state index is 12.6. The van der Waals surface area contributed by atoms with Gasteiger partial charge in [0, 0.05) is 6.20 Å². The van der Waals surface area contributed by atoms with Crippen molar-refractivity contribution >= 4 is 5.82 Å². The summed E-state index contributed by atoms with van der Waals surface area (Å²) in [6.45, 7) is 1.77. The molecular formula is C16H14F3N5. The standard InChI is InChI=1S/C16H14F3N5/c1-10-21-15(24-23-10)14(11-5-3-2-4-6-11)22-13-8-7-12(9-20-13)16(17,18)19/h2-9,14H,1H3,(H,20,22)(H,21,23,24)/t14-/m0/s1. The van der Waals surface area contributed by atoms with E-state index in [4.69, 9.17) is 0 Å². The predicted molar refractivity (Wildman–Crippen MR) is 82.3 cm³/mol. The topological polar surface area (TPSA) is 66.5 Å². The number of H-pyrrole nitrogens is 1. The Labute approximate surface area is 136 Å². The van der Waals surface area contributed by atoms with Crippen LogP contribution in [0.5, 0.6) is 0 Å². The third-order valence-electron chi connectivity index (χ3n) is 3.39. The largest absolute Gasteiger partial charge is 0.417 e. The lowest BCUT2D eigenvalue weighted by Crippen LogP contribution is -2.15. The monoisotopic (exact) mass is 333 g/mol. The van der Waals surface area contributed by atoms with Crippen molar-refractivity contribution in [3.63, 3.8) is 0 Å². The summed E-state index contributed by atoms with van der Waals surface area (Å²) >= 11 is 0. The van der Waals surface area contributed by atoms with Crippen LogP contribution in [-0.2, 0) is 6.18 Å². The second-order valence-electron chi connectivity index (χ2n) is 5.20. The lowest BCUT2D eigenvalue weighted by Gasteiger charge is -2.17. The van der Waals surface area contributed by atoms with Crippen LogP contribution in [0.15, 0.2) is 48.7 Å². The van der Waals surface area contributed by atoms with E-state index >= 15 is 0 Å². The number of nitrogens with one attached hydrogen (secondary N) is 2. The van der Waals surface area contributed by atoms with Gasteiger partial charge in [-0.15, -0.1) is 0 Å². The Bertz CT molecular complexity index is 797. The number of rotatable bonds is 4. The van der Waals surface area contributed by atoms with E-state index in [0.29, 0.717) is 17.5 Å². The molecule has 1 atom stereocenters. The Kier molecular flexibility index (Phi) is 4.20. The molecule has 0 fully saturated rings. The summed E-state index contributed by atoms with van der Waals surface area (Å²) in [5.41, 5.74) is 0.0799. The normalized spacial score (nSPS) is 12.8. The first-order valence-corrected chi connectivity index (χ1v) is 7.17. The van der Waals surface area contributed by atoms with Crippen molar-refractivity contribution < 1.29 is 13.2 Å². The smallest absolute Gasteiger partial charge is 0.356 e. The average molecular weight is 333 g/mol. The van der Waals surface area contributed by atoms with Crippen LogP contribution >= 0.6 is 0 Å². The van der Waals surface area contributed by atoms with Crippen LogP contribution in [0.3, 0.4) is 0 Å². The highest BCUT2D eigenvalue weighted by Crippen LogP contribution is 2.30. The quantitative estimate of drug-likeness (QED) is 0.763. The van der Waals surface area contributed by atoms with Gasteiger partial charge in [0.05, 0.1) is 5.56 Å². The molecule has 0 amide bonds. The first-order chi connectivity index (χ1) is 11.4. The van der Waals surface area contributed by atoms with Crippen LogP contribution in [-0.4, -0.2) is 20.2 Å². The highest BCUT2D eigenvalue weighted by Gasteiger charge is 2.30. The van der Waals surface area contributed by atoms with E-state index in [9.17, 15) is 13.2 Å². The molecule has 0 aliphatic carbocycles. The maximum Gasteiger partial charge on any atom is 0.417 e. The van der Waals surface area contributed by atoms with Gasteiger partial charge in [-0.05, 0) is 24.6 Å². The van der Waals surface area contributed by atoms with E-state index in [-0.39, 0.29) is 0 Å². The fraction of sp³-hybridized carbons (Fsp3) is 0.188. The summed E-state index contributed by atoms with van der Waals surface area (Å²) in [4.78, 5) is 8.15. The number of pyridine rings is 1. The number of aryl methyl sites for hydroxylation is 1. The first kappa shape index (κ1) is 16.0. The van der Waals surface area contributed by atoms with Crippen LogP contribution < -0.4 is 5.32 Å². The van der Waals surface area contributed by atoms with E-state index in [1.165, 1.54) is 6.07 Å². The second kappa shape index (κ2) is 6.31. The van der Waals surface area contributed by atoms with Crippen molar-refractivity contribution in [2.75, 3.05) is 5.32 Å². The Morgan fingerprint density at radius 3 is 2.38 bits per heavy atom. The molecule has 2 N–H and O–H groups in total. The molecule has 24 heavy (non-hydrogen) atoms. The molecule has 0 bridgehead atoms. The second-order valence-corrected chi connectivity index (χ2v) is 5.20. The SMILES string of the molecule is Cc1nc([C@@H](Nc2ccc(C(F)(F)F)cn2)c2ccccc2)n[nH]1. The average Bonchev–Trinajstić information content (AvgIpc) is 2.99. The van der Waals surface area contributed by atoms with Gasteiger partial charge in [-0.1, -0.05) is 30.3 Å². The van der Waals surface area contributed by atoms with Gasteiger partial charge in [0.2, 0.25) is 0 Å². The number of aromatic nitrogens is 4. The van der Waals surface area contributed by atoms with Crippen molar-refractivity contribution in [2.45, 2.75) is 19.1 Å². The van der Waals surface area contributed by atoms with Crippen LogP contribution in [0.1, 0.15) is 28.8 Å². The number of hydrogen-bond donors (Lipinski definition) is 2. The summed E-state index contributed by atoms with van der Waals surface area (Å²) in [5.74, 6) is 1.44. The lowest BCUT2D eigenvalue weighted by molar-refractivity contribution is -0.137. The van der Waals surface area contributed by atoms with Gasteiger partial charge in [-0.2, -0.15) is 18.3 Å². The first-order valence-electron chi connectivity index (χ1n) is 7.17. The summed E-state index contributed by atoms with van der Waals surface area (Å²) in [6, 6.07) is 11.2. The highest BCUT2D eigenvalue weighted by molar-refractivity contribution is 5.42. The number of hydrogen-bond acceptors (Lipinski definition) is 4. The molecule has 3 aromatic rings. The molecule has 1 aromatic carbocycles. The minimum atomic E-state index is -4.41. The molecule has 2 heterocycles. The molecule has 0 saturated heterocycles. The van der Waals surface area contributed by atoms with Crippen LogP contribution in [0, 0.1) is 6.92 Å². The number of nitrogens with zero attached hydrogens (tertiary/aromatic N) is 3. The van der Waals surface area contributed by atoms with Crippen molar-refractivity contribution in [3.05, 3.63) is 71.4 Å². The molecule has 8 heteroatoms. The Balaban J connectivity index is 1.90. The zero-order valence-electron chi connectivity index (χ0n) is 12.7. The molecule has 0 saturated carbocycles. The molecule has 0 aliphatic heterocycles. The van der Waals surface area contributed by atoms with Crippen LogP contribution in [0.4, 0.5) is 19.0 Å². The molecule has 5 nitrogen and oxygen atoms in total. The molecule has 2 aromatic heterocycles. The fourth-order valence-corrected chi connectivity index (χ4v) is 2.23. The van der Waals surface area contributed by atoms with Gasteiger partial charge in [-0.3, -0.25) is 5.10 Å². The molecule has 0 aliphatic rings. The zero-order chi connectivity index (χ0) is 17.2. The van der Waals surface area contributed by atoms with Crippen LogP contribution in [0.2, 0.25) is 0 Å². The number of aromatic amines is 1. The number of halogens is 3. The molecular weight excluding hydrogens is 319 g/mol. The van der Waals surface area contributed by atoms with Crippen molar-refractivity contribution in [2.24, 2.45) is 0 Å². The van der Waals surface area contributed by atoms with Gasteiger partial charge in [0.1, 0.15) is 17.7 Å². The summed E-state index contributed by atoms with van der Waals surface area (Å²) in [6.07, 6.45) is -3.61. The van der Waals surface area contributed by atoms with E-state index in [0.717, 1.165) is 17.8 Å². The van der Waals surface area contributed by atoms with Gasteiger partial charge in [-0.25, -0.2) is 9.97 Å². The van der Waals surface area contributed by atoms with Crippen molar-refractivity contribution in [1.82, 2.24) is 20.2 Å². The number of alkyl halides is 3. The lowest BCUT2D eigenvalue weighted by atomic mass is 10.1. The van der Waals surface area contributed by atoms with Crippen molar-refractivity contribution in [1.29, 1.82) is 0 Å². The Morgan fingerprint density at radius 1 is 1.08 bits per heavy atom. The summed E-state index contributed by atoms with van der Waals surface area (Å²) in [5, 5.41) is 9.98. The van der Waals surface area contributed by atoms with E-state index < -0.39 is 17.8 Å². The zero-order valence-corrected chi connectivity index (χ0v) is 12.7. The molecule has 0 radical (unpaired) electrons. The fourth-order valence-electron chi connectivity index (χ4n) is 2.23. The number of benzene rings is 1. The van der Waals surface area contributed by atoms with Gasteiger partial charge in [0.25, 0.3) is 0 Å². The Hall–Kier alpha value is -2.90. The predicted octanol–water partition coefficient (Wildman–Crippen LogP) is 3.73. The maximum atomic E-state index is 12.6. The Morgan fingerprint density at radius 2 is 1.83 bits per heavy atom. The van der Waals surface area contributed by atoms with E-state index in [1.54, 1.807) is 6.92 Å². The third kappa shape index (κ3) is 3.53.